The van der Waals surface area contributed by atoms with Crippen LogP contribution in [0.15, 0.2) is 18.2 Å². The van der Waals surface area contributed by atoms with Crippen molar-refractivity contribution in [2.75, 3.05) is 18.6 Å². The highest BCUT2D eigenvalue weighted by molar-refractivity contribution is 7.84. The molecule has 0 saturated carbocycles. The Morgan fingerprint density at radius 3 is 2.94 bits per heavy atom. The van der Waals surface area contributed by atoms with Crippen LogP contribution in [0.25, 0.3) is 0 Å². The van der Waals surface area contributed by atoms with Gasteiger partial charge in [-0.1, -0.05) is 18.2 Å². The number of aryl methyl sites for hydroxylation is 2. The molecule has 0 saturated heterocycles. The molecule has 1 atom stereocenters. The summed E-state index contributed by atoms with van der Waals surface area (Å²) in [5.41, 5.74) is 4.40. The molecule has 0 heterocycles. The third-order valence-electron chi connectivity index (χ3n) is 3.06. The van der Waals surface area contributed by atoms with E-state index < -0.39 is 10.8 Å². The van der Waals surface area contributed by atoms with Gasteiger partial charge in [-0.2, -0.15) is 0 Å². The van der Waals surface area contributed by atoms with Gasteiger partial charge >= 0.3 is 0 Å². The Morgan fingerprint density at radius 2 is 2.12 bits per heavy atom. The largest absolute Gasteiger partial charge is 0.312 e. The summed E-state index contributed by atoms with van der Waals surface area (Å²) >= 11 is 0. The first-order valence-corrected chi connectivity index (χ1v) is 7.60. The van der Waals surface area contributed by atoms with E-state index in [0.29, 0.717) is 0 Å². The molecule has 2 nitrogen and oxygen atoms in total. The van der Waals surface area contributed by atoms with Crippen LogP contribution in [-0.4, -0.2) is 22.8 Å². The summed E-state index contributed by atoms with van der Waals surface area (Å²) in [7, 11) is -0.686. The third kappa shape index (κ3) is 3.16. The van der Waals surface area contributed by atoms with Gasteiger partial charge in [0, 0.05) is 35.9 Å². The van der Waals surface area contributed by atoms with E-state index in [4.69, 9.17) is 0 Å². The highest BCUT2D eigenvalue weighted by atomic mass is 32.2. The molecule has 0 aliphatic heterocycles. The Bertz CT molecular complexity index is 390. The van der Waals surface area contributed by atoms with Gasteiger partial charge in [-0.05, 0) is 36.0 Å². The molecule has 3 heteroatoms. The molecule has 1 aliphatic rings. The number of benzene rings is 1. The molecule has 1 aromatic carbocycles. The maximum Gasteiger partial charge on any atom is 0.0357 e. The first-order valence-electron chi connectivity index (χ1n) is 5.87. The zero-order valence-corrected chi connectivity index (χ0v) is 10.6. The monoisotopic (exact) mass is 237 g/mol. The minimum atomic E-state index is -0.686. The van der Waals surface area contributed by atoms with Crippen LogP contribution in [0.3, 0.4) is 0 Å². The van der Waals surface area contributed by atoms with Crippen molar-refractivity contribution in [1.82, 2.24) is 5.32 Å². The molecule has 0 fully saturated rings. The van der Waals surface area contributed by atoms with E-state index in [-0.39, 0.29) is 0 Å². The van der Waals surface area contributed by atoms with Crippen LogP contribution in [0, 0.1) is 0 Å². The molecule has 0 radical (unpaired) electrons. The van der Waals surface area contributed by atoms with Crippen molar-refractivity contribution < 1.29 is 4.21 Å². The van der Waals surface area contributed by atoms with Crippen LogP contribution in [0.5, 0.6) is 0 Å². The maximum absolute atomic E-state index is 10.9. The fraction of sp³-hybridized carbons (Fsp3) is 0.538. The third-order valence-corrected chi connectivity index (χ3v) is 3.84. The molecular formula is C13H19NOS. The van der Waals surface area contributed by atoms with Gasteiger partial charge in [-0.3, -0.25) is 4.21 Å². The van der Waals surface area contributed by atoms with Gasteiger partial charge in [-0.15, -0.1) is 0 Å². The van der Waals surface area contributed by atoms with Crippen LogP contribution in [0.1, 0.15) is 23.1 Å². The highest BCUT2D eigenvalue weighted by Gasteiger charge is 2.10. The predicted molar refractivity (Wildman–Crippen MR) is 69.1 cm³/mol. The second kappa shape index (κ2) is 5.60. The minimum Gasteiger partial charge on any atom is -0.312 e. The van der Waals surface area contributed by atoms with Gasteiger partial charge in [0.15, 0.2) is 0 Å². The second-order valence-corrected chi connectivity index (χ2v) is 5.97. The van der Waals surface area contributed by atoms with E-state index in [1.807, 2.05) is 0 Å². The van der Waals surface area contributed by atoms with Crippen molar-refractivity contribution in [3.63, 3.8) is 0 Å². The quantitative estimate of drug-likeness (QED) is 0.789. The number of hydrogen-bond donors (Lipinski definition) is 1. The lowest BCUT2D eigenvalue weighted by atomic mass is 10.1. The van der Waals surface area contributed by atoms with Gasteiger partial charge < -0.3 is 5.32 Å². The number of fused-ring (bicyclic) bond motifs is 1. The zero-order valence-electron chi connectivity index (χ0n) is 9.79. The average molecular weight is 237 g/mol. The molecule has 1 unspecified atom stereocenters. The second-order valence-electron chi connectivity index (χ2n) is 4.41. The van der Waals surface area contributed by atoms with Crippen LogP contribution in [0.4, 0.5) is 0 Å². The van der Waals surface area contributed by atoms with E-state index in [1.165, 1.54) is 36.0 Å². The highest BCUT2D eigenvalue weighted by Crippen LogP contribution is 2.22. The maximum atomic E-state index is 10.9. The summed E-state index contributed by atoms with van der Waals surface area (Å²) in [6, 6.07) is 6.79. The van der Waals surface area contributed by atoms with Crippen LogP contribution in [0.2, 0.25) is 0 Å². The summed E-state index contributed by atoms with van der Waals surface area (Å²) in [5.74, 6) is 0.741. The van der Waals surface area contributed by atoms with Gasteiger partial charge in [-0.25, -0.2) is 0 Å². The molecule has 0 spiro atoms. The van der Waals surface area contributed by atoms with Crippen molar-refractivity contribution in [1.29, 1.82) is 0 Å². The van der Waals surface area contributed by atoms with Crippen molar-refractivity contribution in [2.45, 2.75) is 25.8 Å². The summed E-state index contributed by atoms with van der Waals surface area (Å²) in [5, 5.41) is 3.33. The lowest BCUT2D eigenvalue weighted by Crippen LogP contribution is -2.19. The van der Waals surface area contributed by atoms with Gasteiger partial charge in [0.05, 0.1) is 0 Å². The lowest BCUT2D eigenvalue weighted by Gasteiger charge is -2.06. The predicted octanol–water partition coefficient (Wildman–Crippen LogP) is 1.64. The molecule has 16 heavy (non-hydrogen) atoms. The van der Waals surface area contributed by atoms with Crippen LogP contribution >= 0.6 is 0 Å². The Kier molecular flexibility index (Phi) is 4.13. The lowest BCUT2D eigenvalue weighted by molar-refractivity contribution is 0.676. The number of rotatable bonds is 5. The van der Waals surface area contributed by atoms with E-state index in [0.717, 1.165) is 18.8 Å². The molecule has 0 bridgehead atoms. The topological polar surface area (TPSA) is 29.1 Å². The fourth-order valence-corrected chi connectivity index (χ4v) is 2.62. The zero-order chi connectivity index (χ0) is 11.4. The van der Waals surface area contributed by atoms with Gasteiger partial charge in [0.2, 0.25) is 0 Å². The first kappa shape index (κ1) is 11.8. The van der Waals surface area contributed by atoms with E-state index in [1.54, 1.807) is 6.26 Å². The van der Waals surface area contributed by atoms with Crippen LogP contribution in [-0.2, 0) is 30.2 Å². The summed E-state index contributed by atoms with van der Waals surface area (Å²) < 4.78 is 10.9. The molecule has 1 N–H and O–H groups in total. The Morgan fingerprint density at radius 1 is 1.31 bits per heavy atom. The Labute approximate surface area is 99.9 Å². The van der Waals surface area contributed by atoms with E-state index in [9.17, 15) is 4.21 Å². The van der Waals surface area contributed by atoms with Crippen molar-refractivity contribution in [3.8, 4) is 0 Å². The molecule has 0 aromatic heterocycles. The van der Waals surface area contributed by atoms with Crippen molar-refractivity contribution in [3.05, 3.63) is 34.9 Å². The molecule has 2 rings (SSSR count). The van der Waals surface area contributed by atoms with Gasteiger partial charge in [0.1, 0.15) is 0 Å². The average Bonchev–Trinajstić information content (AvgIpc) is 2.71. The SMILES string of the molecule is CS(=O)CCNCc1ccc2c(c1)CCC2. The van der Waals surface area contributed by atoms with Gasteiger partial charge in [0.25, 0.3) is 0 Å². The number of hydrogen-bond acceptors (Lipinski definition) is 2. The van der Waals surface area contributed by atoms with E-state index in [2.05, 4.69) is 23.5 Å². The normalized spacial score (nSPS) is 16.1. The molecule has 1 aliphatic carbocycles. The first-order chi connectivity index (χ1) is 7.75. The molecule has 0 amide bonds. The summed E-state index contributed by atoms with van der Waals surface area (Å²) in [4.78, 5) is 0. The molecule has 88 valence electrons. The standard InChI is InChI=1S/C13H19NOS/c1-16(15)8-7-14-10-11-5-6-12-3-2-4-13(12)9-11/h5-6,9,14H,2-4,7-8,10H2,1H3. The van der Waals surface area contributed by atoms with Crippen molar-refractivity contribution >= 4 is 10.8 Å². The Balaban J connectivity index is 1.83. The van der Waals surface area contributed by atoms with Crippen molar-refractivity contribution in [2.24, 2.45) is 0 Å². The number of nitrogens with one attached hydrogen (secondary N) is 1. The molecule has 1 aromatic rings. The smallest absolute Gasteiger partial charge is 0.0357 e. The minimum absolute atomic E-state index is 0.686. The summed E-state index contributed by atoms with van der Waals surface area (Å²) in [6.07, 6.45) is 5.54. The molecular weight excluding hydrogens is 218 g/mol. The Hall–Kier alpha value is -0.670. The fourth-order valence-electron chi connectivity index (χ4n) is 2.18. The van der Waals surface area contributed by atoms with Crippen LogP contribution < -0.4 is 5.32 Å². The van der Waals surface area contributed by atoms with E-state index >= 15 is 0 Å². The summed E-state index contributed by atoms with van der Waals surface area (Å²) in [6.45, 7) is 1.73.